The van der Waals surface area contributed by atoms with Crippen molar-refractivity contribution in [3.05, 3.63) is 35.9 Å². The maximum absolute atomic E-state index is 11.7. The Labute approximate surface area is 99.7 Å². The molecule has 1 aromatic rings. The van der Waals surface area contributed by atoms with Gasteiger partial charge in [0, 0.05) is 14.1 Å². The van der Waals surface area contributed by atoms with Crippen molar-refractivity contribution in [3.63, 3.8) is 0 Å². The van der Waals surface area contributed by atoms with Crippen LogP contribution in [0.4, 0.5) is 4.79 Å². The van der Waals surface area contributed by atoms with Crippen LogP contribution in [-0.2, 0) is 15.4 Å². The number of nitrogens with zero attached hydrogens (tertiary/aromatic N) is 1. The first-order valence-electron chi connectivity index (χ1n) is 4.95. The van der Waals surface area contributed by atoms with Crippen LogP contribution in [0.3, 0.4) is 0 Å². The van der Waals surface area contributed by atoms with Crippen LogP contribution < -0.4 is 5.32 Å². The van der Waals surface area contributed by atoms with Gasteiger partial charge in [-0.15, -0.1) is 0 Å². The molecule has 1 atom stereocenters. The lowest BCUT2D eigenvalue weighted by Crippen LogP contribution is -2.34. The lowest BCUT2D eigenvalue weighted by atomic mass is 10.2. The van der Waals surface area contributed by atoms with Crippen LogP contribution in [0, 0.1) is 0 Å². The molecule has 0 bridgehead atoms. The van der Waals surface area contributed by atoms with E-state index in [9.17, 15) is 14.3 Å². The van der Waals surface area contributed by atoms with Gasteiger partial charge in [0.05, 0.1) is 6.16 Å². The fraction of sp³-hybridized carbons (Fsp3) is 0.300. The molecule has 6 nitrogen and oxygen atoms in total. The van der Waals surface area contributed by atoms with Crippen molar-refractivity contribution in [2.75, 3.05) is 14.1 Å². The van der Waals surface area contributed by atoms with Crippen LogP contribution in [0.15, 0.2) is 30.3 Å². The van der Waals surface area contributed by atoms with Gasteiger partial charge in [0.1, 0.15) is 0 Å². The van der Waals surface area contributed by atoms with Gasteiger partial charge in [0.2, 0.25) is 0 Å². The molecule has 0 heterocycles. The van der Waals surface area contributed by atoms with Crippen LogP contribution in [0.25, 0.3) is 0 Å². The average molecular weight is 258 g/mol. The molecule has 0 saturated carbocycles. The monoisotopic (exact) mass is 258 g/mol. The lowest BCUT2D eigenvalue weighted by Gasteiger charge is -2.19. The van der Waals surface area contributed by atoms with Gasteiger partial charge in [-0.25, -0.2) is 4.79 Å². The molecule has 7 heteroatoms. The van der Waals surface area contributed by atoms with E-state index in [1.165, 1.54) is 14.1 Å². The van der Waals surface area contributed by atoms with Crippen LogP contribution in [0.1, 0.15) is 5.56 Å². The second-order valence-electron chi connectivity index (χ2n) is 3.42. The molecule has 1 unspecified atom stereocenters. The van der Waals surface area contributed by atoms with Crippen molar-refractivity contribution >= 4 is 13.6 Å². The summed E-state index contributed by atoms with van der Waals surface area (Å²) in [5.74, 6) is 0. The molecule has 1 aromatic carbocycles. The Morgan fingerprint density at radius 2 is 2.06 bits per heavy atom. The summed E-state index contributed by atoms with van der Waals surface area (Å²) in [4.78, 5) is 20.7. The highest BCUT2D eigenvalue weighted by Crippen LogP contribution is 2.46. The molecule has 94 valence electrons. The number of urea groups is 1. The largest absolute Gasteiger partial charge is 0.353 e. The molecule has 17 heavy (non-hydrogen) atoms. The Hall–Kier alpha value is -1.36. The summed E-state index contributed by atoms with van der Waals surface area (Å²) in [7, 11) is -1.20. The first-order valence-corrected chi connectivity index (χ1v) is 6.72. The highest BCUT2D eigenvalue weighted by molar-refractivity contribution is 7.51. The summed E-state index contributed by atoms with van der Waals surface area (Å²) < 4.78 is 16.5. The topological polar surface area (TPSA) is 78.9 Å². The van der Waals surface area contributed by atoms with Crippen LogP contribution in [-0.4, -0.2) is 30.1 Å². The highest BCUT2D eigenvalue weighted by Gasteiger charge is 2.25. The predicted octanol–water partition coefficient (Wildman–Crippen LogP) is 1.57. The number of hydroxylamine groups is 2. The second kappa shape index (κ2) is 5.82. The number of benzene rings is 1. The fourth-order valence-electron chi connectivity index (χ4n) is 1.23. The fourth-order valence-corrected chi connectivity index (χ4v) is 2.42. The maximum atomic E-state index is 11.7. The molecule has 2 N–H and O–H groups in total. The smallest absolute Gasteiger partial charge is 0.339 e. The van der Waals surface area contributed by atoms with E-state index in [0.29, 0.717) is 10.6 Å². The van der Waals surface area contributed by atoms with E-state index in [-0.39, 0.29) is 6.16 Å². The Balaban J connectivity index is 2.63. The van der Waals surface area contributed by atoms with Gasteiger partial charge in [0.25, 0.3) is 0 Å². The minimum absolute atomic E-state index is 0.144. The SMILES string of the molecule is CNC(=O)N(C)OP(=O)(O)Cc1ccccc1. The van der Waals surface area contributed by atoms with Crippen molar-refractivity contribution in [1.82, 2.24) is 10.4 Å². The van der Waals surface area contributed by atoms with E-state index < -0.39 is 13.6 Å². The molecular weight excluding hydrogens is 243 g/mol. The Morgan fingerprint density at radius 1 is 1.47 bits per heavy atom. The molecule has 0 radical (unpaired) electrons. The molecule has 0 aromatic heterocycles. The van der Waals surface area contributed by atoms with Gasteiger partial charge >= 0.3 is 13.6 Å². The Kier molecular flexibility index (Phi) is 4.69. The van der Waals surface area contributed by atoms with Gasteiger partial charge in [0.15, 0.2) is 0 Å². The van der Waals surface area contributed by atoms with Gasteiger partial charge < -0.3 is 10.2 Å². The number of nitrogens with one attached hydrogen (secondary N) is 1. The summed E-state index contributed by atoms with van der Waals surface area (Å²) >= 11 is 0. The van der Waals surface area contributed by atoms with Gasteiger partial charge in [-0.05, 0) is 5.56 Å². The summed E-state index contributed by atoms with van der Waals surface area (Å²) in [6.07, 6.45) is -0.144. The van der Waals surface area contributed by atoms with Crippen LogP contribution in [0.2, 0.25) is 0 Å². The van der Waals surface area contributed by atoms with Gasteiger partial charge in [-0.3, -0.25) is 4.57 Å². The second-order valence-corrected chi connectivity index (χ2v) is 5.17. The molecule has 0 aliphatic heterocycles. The Bertz CT molecular complexity index is 424. The zero-order valence-corrected chi connectivity index (χ0v) is 10.6. The zero-order chi connectivity index (χ0) is 12.9. The average Bonchev–Trinajstić information content (AvgIpc) is 2.27. The van der Waals surface area contributed by atoms with E-state index in [2.05, 4.69) is 5.32 Å². The summed E-state index contributed by atoms with van der Waals surface area (Å²) in [6, 6.07) is 8.17. The van der Waals surface area contributed by atoms with Crippen molar-refractivity contribution < 1.29 is 18.9 Å². The lowest BCUT2D eigenvalue weighted by molar-refractivity contribution is 0.00140. The third-order valence-corrected chi connectivity index (χ3v) is 3.24. The molecular formula is C10H15N2O4P. The minimum atomic E-state index is -3.87. The van der Waals surface area contributed by atoms with E-state index in [1.54, 1.807) is 24.3 Å². The Morgan fingerprint density at radius 3 is 2.59 bits per heavy atom. The minimum Gasteiger partial charge on any atom is -0.339 e. The number of amides is 2. The van der Waals surface area contributed by atoms with Gasteiger partial charge in [-0.2, -0.15) is 9.69 Å². The first-order chi connectivity index (χ1) is 7.94. The summed E-state index contributed by atoms with van der Waals surface area (Å²) in [6.45, 7) is 0. The van der Waals surface area contributed by atoms with Crippen molar-refractivity contribution in [2.24, 2.45) is 0 Å². The molecule has 1 rings (SSSR count). The summed E-state index contributed by atoms with van der Waals surface area (Å²) in [5.41, 5.74) is 0.670. The van der Waals surface area contributed by atoms with Crippen molar-refractivity contribution in [1.29, 1.82) is 0 Å². The van der Waals surface area contributed by atoms with Crippen LogP contribution in [0.5, 0.6) is 0 Å². The molecule has 0 aliphatic carbocycles. The molecule has 0 aliphatic rings. The molecule has 0 saturated heterocycles. The number of carbonyl (C=O) groups is 1. The van der Waals surface area contributed by atoms with Gasteiger partial charge in [-0.1, -0.05) is 30.3 Å². The quantitative estimate of drug-likeness (QED) is 0.634. The molecule has 2 amide bonds. The predicted molar refractivity (Wildman–Crippen MR) is 63.3 cm³/mol. The van der Waals surface area contributed by atoms with E-state index >= 15 is 0 Å². The molecule has 0 fully saturated rings. The van der Waals surface area contributed by atoms with E-state index in [1.807, 2.05) is 6.07 Å². The first kappa shape index (κ1) is 13.7. The number of hydrogen-bond acceptors (Lipinski definition) is 3. The normalized spacial score (nSPS) is 13.8. The number of carbonyl (C=O) groups excluding carboxylic acids is 1. The van der Waals surface area contributed by atoms with Crippen molar-refractivity contribution in [2.45, 2.75) is 6.16 Å². The zero-order valence-electron chi connectivity index (χ0n) is 9.66. The highest BCUT2D eigenvalue weighted by atomic mass is 31.2. The van der Waals surface area contributed by atoms with E-state index in [4.69, 9.17) is 4.62 Å². The van der Waals surface area contributed by atoms with Crippen LogP contribution >= 0.6 is 7.60 Å². The third kappa shape index (κ3) is 4.56. The summed E-state index contributed by atoms with van der Waals surface area (Å²) in [5, 5.41) is 2.99. The number of rotatable bonds is 4. The standard InChI is InChI=1S/C10H15N2O4P/c1-11-10(13)12(2)16-17(14,15)8-9-6-4-3-5-7-9/h3-7H,8H2,1-2H3,(H,11,13)(H,14,15). The van der Waals surface area contributed by atoms with E-state index in [0.717, 1.165) is 0 Å². The number of hydrogen-bond donors (Lipinski definition) is 2. The van der Waals surface area contributed by atoms with Crippen molar-refractivity contribution in [3.8, 4) is 0 Å². The third-order valence-electron chi connectivity index (χ3n) is 1.98. The molecule has 0 spiro atoms. The maximum Gasteiger partial charge on any atom is 0.353 e.